The molecule has 21 heavy (non-hydrogen) atoms. The quantitative estimate of drug-likeness (QED) is 0.861. The van der Waals surface area contributed by atoms with Gasteiger partial charge in [-0.3, -0.25) is 4.90 Å². The number of likely N-dealkylation sites (tertiary alicyclic amines) is 1. The predicted molar refractivity (Wildman–Crippen MR) is 83.0 cm³/mol. The fourth-order valence-electron chi connectivity index (χ4n) is 3.93. The molecule has 1 aliphatic carbocycles. The third-order valence-corrected chi connectivity index (χ3v) is 5.63. The topological polar surface area (TPSA) is 42.2 Å². The number of thiophene rings is 1. The number of hydrogen-bond acceptors (Lipinski definition) is 5. The van der Waals surface area contributed by atoms with Crippen LogP contribution in [0.25, 0.3) is 11.4 Å². The second-order valence-corrected chi connectivity index (χ2v) is 7.03. The van der Waals surface area contributed by atoms with E-state index in [0.717, 1.165) is 35.8 Å². The normalized spacial score (nSPS) is 26.7. The molecule has 0 radical (unpaired) electrons. The number of nitrogens with zero attached hydrogens (tertiary/aromatic N) is 3. The molecular formula is C16H21N3OS. The van der Waals surface area contributed by atoms with Gasteiger partial charge in [0.15, 0.2) is 0 Å². The highest BCUT2D eigenvalue weighted by atomic mass is 32.1. The summed E-state index contributed by atoms with van der Waals surface area (Å²) in [7, 11) is 0. The van der Waals surface area contributed by atoms with Crippen LogP contribution in [0.2, 0.25) is 0 Å². The molecule has 0 bridgehead atoms. The Bertz CT molecular complexity index is 578. The minimum atomic E-state index is 0.725. The van der Waals surface area contributed by atoms with E-state index in [1.54, 1.807) is 11.3 Å². The molecule has 4 rings (SSSR count). The highest BCUT2D eigenvalue weighted by Gasteiger charge is 2.33. The maximum atomic E-state index is 5.47. The largest absolute Gasteiger partial charge is 0.338 e. The van der Waals surface area contributed by atoms with Crippen molar-refractivity contribution in [2.75, 3.05) is 6.54 Å². The minimum Gasteiger partial charge on any atom is -0.338 e. The highest BCUT2D eigenvalue weighted by Crippen LogP contribution is 2.35. The first-order chi connectivity index (χ1) is 10.4. The molecule has 2 aromatic heterocycles. The molecular weight excluding hydrogens is 282 g/mol. The summed E-state index contributed by atoms with van der Waals surface area (Å²) in [6.07, 6.45) is 8.26. The number of aromatic nitrogens is 2. The van der Waals surface area contributed by atoms with Crippen LogP contribution in [-0.2, 0) is 6.54 Å². The molecule has 0 unspecified atom stereocenters. The zero-order valence-electron chi connectivity index (χ0n) is 12.2. The number of hydrogen-bond donors (Lipinski definition) is 0. The molecule has 3 heterocycles. The molecule has 1 saturated heterocycles. The molecule has 5 heteroatoms. The van der Waals surface area contributed by atoms with Crippen LogP contribution < -0.4 is 0 Å². The third kappa shape index (κ3) is 2.77. The van der Waals surface area contributed by atoms with Gasteiger partial charge in [0.25, 0.3) is 0 Å². The SMILES string of the molecule is c1cc(-c2noc(CN3CCC[C@H]4CCCC[C@H]43)n2)cs1. The first kappa shape index (κ1) is 13.5. The average molecular weight is 303 g/mol. The fraction of sp³-hybridized carbons (Fsp3) is 0.625. The Hall–Kier alpha value is -1.20. The summed E-state index contributed by atoms with van der Waals surface area (Å²) >= 11 is 1.66. The lowest BCUT2D eigenvalue weighted by Crippen LogP contribution is -2.46. The van der Waals surface area contributed by atoms with Crippen molar-refractivity contribution in [2.45, 2.75) is 51.1 Å². The predicted octanol–water partition coefficient (Wildman–Crippen LogP) is 3.95. The average Bonchev–Trinajstić information content (AvgIpc) is 3.18. The van der Waals surface area contributed by atoms with Gasteiger partial charge in [0.2, 0.25) is 11.7 Å². The second-order valence-electron chi connectivity index (χ2n) is 6.25. The molecule has 2 aromatic rings. The molecule has 0 N–H and O–H groups in total. The van der Waals surface area contributed by atoms with Gasteiger partial charge in [-0.1, -0.05) is 18.0 Å². The summed E-state index contributed by atoms with van der Waals surface area (Å²) in [5, 5.41) is 8.23. The summed E-state index contributed by atoms with van der Waals surface area (Å²) in [6, 6.07) is 2.78. The molecule has 2 fully saturated rings. The Kier molecular flexibility index (Phi) is 3.78. The lowest BCUT2D eigenvalue weighted by Gasteiger charge is -2.43. The van der Waals surface area contributed by atoms with E-state index in [1.807, 2.05) is 11.4 Å². The molecule has 0 amide bonds. The molecule has 4 nitrogen and oxygen atoms in total. The second kappa shape index (κ2) is 5.89. The van der Waals surface area contributed by atoms with Crippen molar-refractivity contribution >= 4 is 11.3 Å². The summed E-state index contributed by atoms with van der Waals surface area (Å²) in [5.41, 5.74) is 1.06. The van der Waals surface area contributed by atoms with Gasteiger partial charge in [-0.25, -0.2) is 0 Å². The van der Waals surface area contributed by atoms with Crippen molar-refractivity contribution in [2.24, 2.45) is 5.92 Å². The molecule has 2 aliphatic rings. The standard InChI is InChI=1S/C16H21N3OS/c1-2-6-14-12(4-1)5-3-8-19(14)10-15-17-16(18-20-15)13-7-9-21-11-13/h7,9,11-12,14H,1-6,8,10H2/t12-,14-/m1/s1. The van der Waals surface area contributed by atoms with E-state index in [4.69, 9.17) is 4.52 Å². The Balaban J connectivity index is 1.47. The summed E-state index contributed by atoms with van der Waals surface area (Å²) in [6.45, 7) is 2.00. The fourth-order valence-corrected chi connectivity index (χ4v) is 4.56. The van der Waals surface area contributed by atoms with Gasteiger partial charge >= 0.3 is 0 Å². The molecule has 0 aromatic carbocycles. The van der Waals surface area contributed by atoms with Crippen molar-refractivity contribution in [3.05, 3.63) is 22.7 Å². The maximum absolute atomic E-state index is 5.47. The van der Waals surface area contributed by atoms with Gasteiger partial charge in [0.05, 0.1) is 6.54 Å². The van der Waals surface area contributed by atoms with E-state index in [1.165, 1.54) is 45.1 Å². The molecule has 1 aliphatic heterocycles. The van der Waals surface area contributed by atoms with Crippen LogP contribution in [0.1, 0.15) is 44.4 Å². The zero-order valence-corrected chi connectivity index (χ0v) is 13.0. The first-order valence-corrected chi connectivity index (χ1v) is 8.93. The number of piperidine rings is 1. The lowest BCUT2D eigenvalue weighted by atomic mass is 9.78. The first-order valence-electron chi connectivity index (χ1n) is 7.99. The van der Waals surface area contributed by atoms with Gasteiger partial charge in [-0.2, -0.15) is 16.3 Å². The van der Waals surface area contributed by atoms with Crippen LogP contribution in [0.15, 0.2) is 21.3 Å². The Morgan fingerprint density at radius 3 is 3.05 bits per heavy atom. The summed E-state index contributed by atoms with van der Waals surface area (Å²) in [4.78, 5) is 7.15. The summed E-state index contributed by atoms with van der Waals surface area (Å²) < 4.78 is 5.47. The van der Waals surface area contributed by atoms with Gasteiger partial charge < -0.3 is 4.52 Å². The highest BCUT2D eigenvalue weighted by molar-refractivity contribution is 7.08. The molecule has 1 saturated carbocycles. The van der Waals surface area contributed by atoms with E-state index >= 15 is 0 Å². The molecule has 0 spiro atoms. The minimum absolute atomic E-state index is 0.725. The maximum Gasteiger partial charge on any atom is 0.241 e. The van der Waals surface area contributed by atoms with Gasteiger partial charge in [-0.05, 0) is 49.6 Å². The monoisotopic (exact) mass is 303 g/mol. The van der Waals surface area contributed by atoms with Crippen molar-refractivity contribution in [3.63, 3.8) is 0 Å². The number of rotatable bonds is 3. The van der Waals surface area contributed by atoms with Crippen molar-refractivity contribution in [1.82, 2.24) is 15.0 Å². The lowest BCUT2D eigenvalue weighted by molar-refractivity contribution is 0.0466. The van der Waals surface area contributed by atoms with E-state index in [0.29, 0.717) is 0 Å². The van der Waals surface area contributed by atoms with E-state index in [2.05, 4.69) is 20.4 Å². The van der Waals surface area contributed by atoms with Gasteiger partial charge in [-0.15, -0.1) is 0 Å². The van der Waals surface area contributed by atoms with E-state index < -0.39 is 0 Å². The van der Waals surface area contributed by atoms with Gasteiger partial charge in [0.1, 0.15) is 0 Å². The Morgan fingerprint density at radius 1 is 1.24 bits per heavy atom. The van der Waals surface area contributed by atoms with Gasteiger partial charge in [0, 0.05) is 17.0 Å². The smallest absolute Gasteiger partial charge is 0.241 e. The van der Waals surface area contributed by atoms with Crippen molar-refractivity contribution in [3.8, 4) is 11.4 Å². The van der Waals surface area contributed by atoms with Crippen LogP contribution in [0.5, 0.6) is 0 Å². The molecule has 112 valence electrons. The number of fused-ring (bicyclic) bond motifs is 1. The molecule has 2 atom stereocenters. The van der Waals surface area contributed by atoms with Crippen molar-refractivity contribution < 1.29 is 4.52 Å². The zero-order chi connectivity index (χ0) is 14.1. The van der Waals surface area contributed by atoms with Crippen molar-refractivity contribution in [1.29, 1.82) is 0 Å². The van der Waals surface area contributed by atoms with Crippen LogP contribution in [0.3, 0.4) is 0 Å². The van der Waals surface area contributed by atoms with Crippen LogP contribution >= 0.6 is 11.3 Å². The Labute approximate surface area is 129 Å². The van der Waals surface area contributed by atoms with Crippen LogP contribution in [-0.4, -0.2) is 27.6 Å². The van der Waals surface area contributed by atoms with E-state index in [-0.39, 0.29) is 0 Å². The summed E-state index contributed by atoms with van der Waals surface area (Å²) in [5.74, 6) is 2.39. The van der Waals surface area contributed by atoms with Crippen LogP contribution in [0.4, 0.5) is 0 Å². The van der Waals surface area contributed by atoms with E-state index in [9.17, 15) is 0 Å². The third-order valence-electron chi connectivity index (χ3n) is 4.94. The Morgan fingerprint density at radius 2 is 2.14 bits per heavy atom. The van der Waals surface area contributed by atoms with Crippen LogP contribution in [0, 0.1) is 5.92 Å².